The van der Waals surface area contributed by atoms with Gasteiger partial charge >= 0.3 is 0 Å². The zero-order chi connectivity index (χ0) is 18.4. The van der Waals surface area contributed by atoms with Gasteiger partial charge < -0.3 is 10.1 Å². The number of carbonyl (C=O) groups excluding carboxylic acids is 2. The summed E-state index contributed by atoms with van der Waals surface area (Å²) in [5.74, 6) is 0.487. The predicted octanol–water partition coefficient (Wildman–Crippen LogP) is 2.70. The number of hydrogen-bond acceptors (Lipinski definition) is 6. The van der Waals surface area contributed by atoms with Gasteiger partial charge in [0.25, 0.3) is 0 Å². The van der Waals surface area contributed by atoms with E-state index in [2.05, 4.69) is 20.8 Å². The lowest BCUT2D eigenvalue weighted by Crippen LogP contribution is -2.41. The zero-order valence-corrected chi connectivity index (χ0v) is 15.5. The number of anilines is 1. The van der Waals surface area contributed by atoms with E-state index in [1.165, 1.54) is 11.3 Å². The number of hydrogen-bond donors (Lipinski definition) is 2. The Morgan fingerprint density at radius 2 is 2.00 bits per heavy atom. The second-order valence-corrected chi connectivity index (χ2v) is 7.00. The molecule has 0 spiro atoms. The van der Waals surface area contributed by atoms with Crippen LogP contribution in [0.2, 0.25) is 0 Å². The average Bonchev–Trinajstić information content (AvgIpc) is 3.02. The number of rotatable bonds is 7. The van der Waals surface area contributed by atoms with Crippen LogP contribution in [0.4, 0.5) is 5.13 Å². The molecule has 7 nitrogen and oxygen atoms in total. The lowest BCUT2D eigenvalue weighted by atomic mass is 10.1. The summed E-state index contributed by atoms with van der Waals surface area (Å²) in [6, 6.07) is 6.80. The summed E-state index contributed by atoms with van der Waals surface area (Å²) in [7, 11) is 1.60. The standard InChI is InChI=1S/C17H22N4O3S/c1-10(2)8-14(22)18-11(3)15(23)19-17-21-20-16(25-17)12-6-5-7-13(9-12)24-4/h5-7,9-11H,8H2,1-4H3,(H,18,22)(H,19,21,23)/t11-/m1/s1. The molecule has 2 rings (SSSR count). The van der Waals surface area contributed by atoms with Crippen molar-refractivity contribution in [3.63, 3.8) is 0 Å². The summed E-state index contributed by atoms with van der Waals surface area (Å²) in [6.07, 6.45) is 0.385. The zero-order valence-electron chi connectivity index (χ0n) is 14.7. The first-order valence-electron chi connectivity index (χ1n) is 7.97. The van der Waals surface area contributed by atoms with E-state index in [0.717, 1.165) is 11.3 Å². The quantitative estimate of drug-likeness (QED) is 0.790. The van der Waals surface area contributed by atoms with Gasteiger partial charge in [-0.2, -0.15) is 0 Å². The molecule has 0 aliphatic heterocycles. The minimum absolute atomic E-state index is 0.146. The lowest BCUT2D eigenvalue weighted by molar-refractivity contribution is -0.126. The maximum atomic E-state index is 12.2. The second kappa shape index (κ2) is 8.57. The largest absolute Gasteiger partial charge is 0.497 e. The molecule has 0 radical (unpaired) electrons. The molecule has 1 aromatic heterocycles. The van der Waals surface area contributed by atoms with Gasteiger partial charge in [-0.15, -0.1) is 10.2 Å². The van der Waals surface area contributed by atoms with E-state index in [-0.39, 0.29) is 17.7 Å². The molecule has 0 aliphatic carbocycles. The monoisotopic (exact) mass is 362 g/mol. The van der Waals surface area contributed by atoms with Gasteiger partial charge in [-0.25, -0.2) is 0 Å². The molecule has 25 heavy (non-hydrogen) atoms. The predicted molar refractivity (Wildman–Crippen MR) is 97.6 cm³/mol. The Bertz CT molecular complexity index is 745. The van der Waals surface area contributed by atoms with E-state index in [4.69, 9.17) is 4.74 Å². The third-order valence-electron chi connectivity index (χ3n) is 3.34. The SMILES string of the molecule is COc1cccc(-c2nnc(NC(=O)[C@@H](C)NC(=O)CC(C)C)s2)c1. The fraction of sp³-hybridized carbons (Fsp3) is 0.412. The first kappa shape index (κ1) is 18.9. The number of carbonyl (C=O) groups is 2. The van der Waals surface area contributed by atoms with Gasteiger partial charge in [-0.3, -0.25) is 14.9 Å². The van der Waals surface area contributed by atoms with E-state index in [1.807, 2.05) is 38.1 Å². The molecular formula is C17H22N4O3S. The average molecular weight is 362 g/mol. The second-order valence-electron chi connectivity index (χ2n) is 6.02. The van der Waals surface area contributed by atoms with Gasteiger partial charge in [0.2, 0.25) is 16.9 Å². The molecule has 0 aliphatic rings. The van der Waals surface area contributed by atoms with Gasteiger partial charge in [0.05, 0.1) is 7.11 Å². The first-order chi connectivity index (χ1) is 11.9. The molecule has 1 heterocycles. The van der Waals surface area contributed by atoms with Crippen molar-refractivity contribution in [2.75, 3.05) is 12.4 Å². The molecule has 134 valence electrons. The molecule has 1 atom stereocenters. The molecule has 8 heteroatoms. The summed E-state index contributed by atoms with van der Waals surface area (Å²) >= 11 is 1.26. The molecule has 1 aromatic carbocycles. The molecule has 0 unspecified atom stereocenters. The minimum Gasteiger partial charge on any atom is -0.497 e. The number of ether oxygens (including phenoxy) is 1. The highest BCUT2D eigenvalue weighted by Crippen LogP contribution is 2.28. The van der Waals surface area contributed by atoms with Gasteiger partial charge in [-0.05, 0) is 25.0 Å². The molecule has 2 amide bonds. The van der Waals surface area contributed by atoms with Crippen LogP contribution in [0.15, 0.2) is 24.3 Å². The van der Waals surface area contributed by atoms with E-state index in [9.17, 15) is 9.59 Å². The normalized spacial score (nSPS) is 11.9. The summed E-state index contributed by atoms with van der Waals surface area (Å²) in [5, 5.41) is 14.5. The topological polar surface area (TPSA) is 93.2 Å². The highest BCUT2D eigenvalue weighted by molar-refractivity contribution is 7.18. The molecule has 0 fully saturated rings. The van der Waals surface area contributed by atoms with E-state index in [1.54, 1.807) is 14.0 Å². The summed E-state index contributed by atoms with van der Waals surface area (Å²) in [5.41, 5.74) is 0.857. The van der Waals surface area contributed by atoms with Crippen molar-refractivity contribution in [3.8, 4) is 16.3 Å². The van der Waals surface area contributed by atoms with Crippen LogP contribution in [0.3, 0.4) is 0 Å². The first-order valence-corrected chi connectivity index (χ1v) is 8.79. The van der Waals surface area contributed by atoms with Crippen molar-refractivity contribution in [2.24, 2.45) is 5.92 Å². The maximum Gasteiger partial charge on any atom is 0.248 e. The molecule has 0 saturated carbocycles. The molecule has 0 bridgehead atoms. The van der Waals surface area contributed by atoms with Crippen LogP contribution in [-0.4, -0.2) is 35.2 Å². The Morgan fingerprint density at radius 3 is 2.68 bits per heavy atom. The van der Waals surface area contributed by atoms with Crippen LogP contribution in [0.25, 0.3) is 10.6 Å². The van der Waals surface area contributed by atoms with Gasteiger partial charge in [0.1, 0.15) is 16.8 Å². The number of benzene rings is 1. The van der Waals surface area contributed by atoms with Crippen molar-refractivity contribution >= 4 is 28.3 Å². The van der Waals surface area contributed by atoms with Crippen molar-refractivity contribution in [3.05, 3.63) is 24.3 Å². The molecule has 2 aromatic rings. The fourth-order valence-electron chi connectivity index (χ4n) is 2.10. The van der Waals surface area contributed by atoms with Gasteiger partial charge in [-0.1, -0.05) is 37.3 Å². The smallest absolute Gasteiger partial charge is 0.248 e. The van der Waals surface area contributed by atoms with E-state index >= 15 is 0 Å². The van der Waals surface area contributed by atoms with E-state index < -0.39 is 6.04 Å². The van der Waals surface area contributed by atoms with Crippen LogP contribution in [0, 0.1) is 5.92 Å². The van der Waals surface area contributed by atoms with E-state index in [0.29, 0.717) is 16.6 Å². The van der Waals surface area contributed by atoms with Crippen LogP contribution in [0.5, 0.6) is 5.75 Å². The lowest BCUT2D eigenvalue weighted by Gasteiger charge is -2.13. The van der Waals surface area contributed by atoms with Crippen LogP contribution in [-0.2, 0) is 9.59 Å². The fourth-order valence-corrected chi connectivity index (χ4v) is 2.84. The Kier molecular flexibility index (Phi) is 6.46. The summed E-state index contributed by atoms with van der Waals surface area (Å²) < 4.78 is 5.19. The van der Waals surface area contributed by atoms with Crippen LogP contribution >= 0.6 is 11.3 Å². The van der Waals surface area contributed by atoms with Crippen molar-refractivity contribution in [2.45, 2.75) is 33.2 Å². The van der Waals surface area contributed by atoms with Gasteiger partial charge in [0, 0.05) is 12.0 Å². The van der Waals surface area contributed by atoms with Gasteiger partial charge in [0.15, 0.2) is 0 Å². The Hall–Kier alpha value is -2.48. The molecule has 0 saturated heterocycles. The maximum absolute atomic E-state index is 12.2. The van der Waals surface area contributed by atoms with Crippen LogP contribution < -0.4 is 15.4 Å². The summed E-state index contributed by atoms with van der Waals surface area (Å²) in [6.45, 7) is 5.54. The number of nitrogens with one attached hydrogen (secondary N) is 2. The number of amides is 2. The van der Waals surface area contributed by atoms with Crippen molar-refractivity contribution < 1.29 is 14.3 Å². The Balaban J connectivity index is 1.98. The van der Waals surface area contributed by atoms with Crippen molar-refractivity contribution in [1.82, 2.24) is 15.5 Å². The van der Waals surface area contributed by atoms with Crippen molar-refractivity contribution in [1.29, 1.82) is 0 Å². The van der Waals surface area contributed by atoms with Crippen LogP contribution in [0.1, 0.15) is 27.2 Å². The summed E-state index contributed by atoms with van der Waals surface area (Å²) in [4.78, 5) is 23.9. The highest BCUT2D eigenvalue weighted by atomic mass is 32.1. The number of nitrogens with zero attached hydrogens (tertiary/aromatic N) is 2. The molecule has 2 N–H and O–H groups in total. The third kappa shape index (κ3) is 5.53. The number of methoxy groups -OCH3 is 1. The Morgan fingerprint density at radius 1 is 1.24 bits per heavy atom. The minimum atomic E-state index is -0.643. The third-order valence-corrected chi connectivity index (χ3v) is 4.22. The number of aromatic nitrogens is 2. The highest BCUT2D eigenvalue weighted by Gasteiger charge is 2.18. The molecular weight excluding hydrogens is 340 g/mol. The Labute approximate surface area is 150 Å².